The number of H-pyrrole nitrogens is 1. The summed E-state index contributed by atoms with van der Waals surface area (Å²) in [5.41, 5.74) is 0. The van der Waals surface area contributed by atoms with Crippen molar-refractivity contribution >= 4 is 11.8 Å². The molecule has 1 aromatic heterocycles. The van der Waals surface area contributed by atoms with E-state index in [0.717, 1.165) is 37.9 Å². The molecule has 5 nitrogen and oxygen atoms in total. The quantitative estimate of drug-likeness (QED) is 0.803. The number of thioether (sulfide) groups is 1. The van der Waals surface area contributed by atoms with Crippen molar-refractivity contribution in [2.45, 2.75) is 19.4 Å². The Morgan fingerprint density at radius 1 is 1.59 bits per heavy atom. The molecule has 1 aliphatic rings. The number of aromatic nitrogens is 3. The van der Waals surface area contributed by atoms with E-state index in [1.54, 1.807) is 0 Å². The molecule has 1 N–H and O–H groups in total. The minimum atomic E-state index is 0.0305. The highest BCUT2D eigenvalue weighted by Gasteiger charge is 2.24. The van der Waals surface area contributed by atoms with E-state index in [1.165, 1.54) is 12.2 Å². The Morgan fingerprint density at radius 3 is 3.18 bits per heavy atom. The minimum absolute atomic E-state index is 0.0305. The Hall–Kier alpha value is -0.590. The molecule has 6 heteroatoms. The van der Waals surface area contributed by atoms with Crippen LogP contribution in [0.4, 0.5) is 0 Å². The molecule has 2 heterocycles. The Balaban J connectivity index is 1.84. The van der Waals surface area contributed by atoms with Crippen molar-refractivity contribution in [1.29, 1.82) is 0 Å². The van der Waals surface area contributed by atoms with E-state index in [2.05, 4.69) is 26.3 Å². The van der Waals surface area contributed by atoms with Crippen molar-refractivity contribution < 1.29 is 4.74 Å². The fourth-order valence-electron chi connectivity index (χ4n) is 2.00. The van der Waals surface area contributed by atoms with Gasteiger partial charge >= 0.3 is 0 Å². The number of nitrogens with zero attached hydrogens (tertiary/aromatic N) is 3. The molecule has 0 aromatic carbocycles. The van der Waals surface area contributed by atoms with Gasteiger partial charge in [0, 0.05) is 13.1 Å². The summed E-state index contributed by atoms with van der Waals surface area (Å²) in [4.78, 5) is 6.78. The smallest absolute Gasteiger partial charge is 0.180 e. The third kappa shape index (κ3) is 3.69. The molecule has 0 radical (unpaired) electrons. The van der Waals surface area contributed by atoms with Gasteiger partial charge in [0.1, 0.15) is 11.9 Å². The first-order chi connectivity index (χ1) is 8.29. The van der Waals surface area contributed by atoms with E-state index in [9.17, 15) is 0 Å². The molecular formula is C11H20N4OS. The fourth-order valence-corrected chi connectivity index (χ4v) is 2.42. The van der Waals surface area contributed by atoms with Crippen molar-refractivity contribution in [3.63, 3.8) is 0 Å². The zero-order chi connectivity index (χ0) is 12.1. The van der Waals surface area contributed by atoms with Crippen LogP contribution in [-0.2, 0) is 4.74 Å². The van der Waals surface area contributed by atoms with E-state index >= 15 is 0 Å². The zero-order valence-electron chi connectivity index (χ0n) is 10.5. The number of hydrogen-bond acceptors (Lipinski definition) is 5. The van der Waals surface area contributed by atoms with Gasteiger partial charge in [-0.3, -0.25) is 10.00 Å². The largest absolute Gasteiger partial charge is 0.367 e. The van der Waals surface area contributed by atoms with Crippen LogP contribution >= 0.6 is 11.8 Å². The Bertz CT molecular complexity index is 344. The highest BCUT2D eigenvalue weighted by atomic mass is 32.2. The number of morpholine rings is 1. The maximum atomic E-state index is 5.72. The Kier molecular flexibility index (Phi) is 4.82. The van der Waals surface area contributed by atoms with E-state index in [4.69, 9.17) is 4.74 Å². The number of rotatable bonds is 5. The van der Waals surface area contributed by atoms with Crippen molar-refractivity contribution in [2.24, 2.45) is 0 Å². The van der Waals surface area contributed by atoms with Gasteiger partial charge in [-0.1, -0.05) is 0 Å². The summed E-state index contributed by atoms with van der Waals surface area (Å²) >= 11 is 1.90. The molecule has 96 valence electrons. The van der Waals surface area contributed by atoms with Crippen LogP contribution in [0.3, 0.4) is 0 Å². The maximum absolute atomic E-state index is 5.72. The molecule has 1 atom stereocenters. The lowest BCUT2D eigenvalue weighted by Gasteiger charge is -2.31. The maximum Gasteiger partial charge on any atom is 0.180 e. The number of ether oxygens (including phenoxy) is 1. The summed E-state index contributed by atoms with van der Waals surface area (Å²) in [6.45, 7) is 5.76. The van der Waals surface area contributed by atoms with E-state index < -0.39 is 0 Å². The summed E-state index contributed by atoms with van der Waals surface area (Å²) in [6, 6.07) is 0. The van der Waals surface area contributed by atoms with Gasteiger partial charge in [0.15, 0.2) is 5.82 Å². The highest BCUT2D eigenvalue weighted by molar-refractivity contribution is 7.98. The van der Waals surface area contributed by atoms with Gasteiger partial charge in [-0.15, -0.1) is 0 Å². The molecule has 2 rings (SSSR count). The van der Waals surface area contributed by atoms with Crippen LogP contribution in [0.5, 0.6) is 0 Å². The molecule has 0 saturated carbocycles. The molecule has 1 saturated heterocycles. The fraction of sp³-hybridized carbons (Fsp3) is 0.818. The molecule has 17 heavy (non-hydrogen) atoms. The molecule has 0 bridgehead atoms. The van der Waals surface area contributed by atoms with Crippen LogP contribution in [0, 0.1) is 6.92 Å². The lowest BCUT2D eigenvalue weighted by molar-refractivity contribution is -0.0339. The Morgan fingerprint density at radius 2 is 2.47 bits per heavy atom. The van der Waals surface area contributed by atoms with Gasteiger partial charge in [0.25, 0.3) is 0 Å². The van der Waals surface area contributed by atoms with Crippen molar-refractivity contribution in [3.8, 4) is 0 Å². The van der Waals surface area contributed by atoms with Crippen molar-refractivity contribution in [1.82, 2.24) is 20.1 Å². The van der Waals surface area contributed by atoms with E-state index in [1.807, 2.05) is 18.7 Å². The molecule has 0 spiro atoms. The predicted molar refractivity (Wildman–Crippen MR) is 69.3 cm³/mol. The minimum Gasteiger partial charge on any atom is -0.367 e. The third-order valence-corrected chi connectivity index (χ3v) is 3.57. The summed E-state index contributed by atoms with van der Waals surface area (Å²) in [5.74, 6) is 2.86. The zero-order valence-corrected chi connectivity index (χ0v) is 11.3. The van der Waals surface area contributed by atoms with Crippen molar-refractivity contribution in [3.05, 3.63) is 11.6 Å². The van der Waals surface area contributed by atoms with Crippen LogP contribution < -0.4 is 0 Å². The summed E-state index contributed by atoms with van der Waals surface area (Å²) in [7, 11) is 0. The van der Waals surface area contributed by atoms with Gasteiger partial charge in [-0.25, -0.2) is 4.98 Å². The second-order valence-electron chi connectivity index (χ2n) is 4.29. The number of aromatic amines is 1. The first-order valence-electron chi connectivity index (χ1n) is 6.01. The molecule has 0 amide bonds. The topological polar surface area (TPSA) is 54.0 Å². The summed E-state index contributed by atoms with van der Waals surface area (Å²) in [5, 5.41) is 7.05. The van der Waals surface area contributed by atoms with Gasteiger partial charge in [-0.05, 0) is 31.9 Å². The number of aryl methyl sites for hydroxylation is 1. The van der Waals surface area contributed by atoms with Crippen molar-refractivity contribution in [2.75, 3.05) is 38.2 Å². The molecule has 1 aromatic rings. The average molecular weight is 256 g/mol. The van der Waals surface area contributed by atoms with Crippen LogP contribution in [0.2, 0.25) is 0 Å². The second kappa shape index (κ2) is 6.37. The third-order valence-electron chi connectivity index (χ3n) is 2.88. The predicted octanol–water partition coefficient (Wildman–Crippen LogP) is 1.24. The normalized spacial score (nSPS) is 21.9. The van der Waals surface area contributed by atoms with Crippen LogP contribution in [0.25, 0.3) is 0 Å². The molecule has 1 unspecified atom stereocenters. The standard InChI is InChI=1S/C11H20N4OS/c1-9-12-11(14-13-9)10-8-15(5-6-16-10)4-3-7-17-2/h10H,3-8H2,1-2H3,(H,12,13,14). The van der Waals surface area contributed by atoms with Gasteiger partial charge < -0.3 is 4.74 Å². The van der Waals surface area contributed by atoms with Gasteiger partial charge in [-0.2, -0.15) is 16.9 Å². The van der Waals surface area contributed by atoms with Crippen LogP contribution in [0.15, 0.2) is 0 Å². The first kappa shape index (κ1) is 12.9. The number of nitrogens with one attached hydrogen (secondary N) is 1. The van der Waals surface area contributed by atoms with Crippen LogP contribution in [-0.4, -0.2) is 58.3 Å². The molecular weight excluding hydrogens is 236 g/mol. The monoisotopic (exact) mass is 256 g/mol. The van der Waals surface area contributed by atoms with Gasteiger partial charge in [0.05, 0.1) is 6.61 Å². The lowest BCUT2D eigenvalue weighted by atomic mass is 10.2. The van der Waals surface area contributed by atoms with Crippen LogP contribution in [0.1, 0.15) is 24.2 Å². The van der Waals surface area contributed by atoms with E-state index in [0.29, 0.717) is 0 Å². The Labute approximate surface area is 106 Å². The molecule has 1 aliphatic heterocycles. The summed E-state index contributed by atoms with van der Waals surface area (Å²) < 4.78 is 5.72. The van der Waals surface area contributed by atoms with E-state index in [-0.39, 0.29) is 6.10 Å². The van der Waals surface area contributed by atoms with Gasteiger partial charge in [0.2, 0.25) is 0 Å². The second-order valence-corrected chi connectivity index (χ2v) is 5.27. The highest BCUT2D eigenvalue weighted by Crippen LogP contribution is 2.19. The molecule has 1 fully saturated rings. The lowest BCUT2D eigenvalue weighted by Crippen LogP contribution is -2.39. The summed E-state index contributed by atoms with van der Waals surface area (Å²) in [6.07, 6.45) is 3.42. The first-order valence-corrected chi connectivity index (χ1v) is 7.41. The number of hydrogen-bond donors (Lipinski definition) is 1. The SMILES string of the molecule is CSCCCN1CCOC(c2n[nH]c(C)n2)C1. The molecule has 0 aliphatic carbocycles. The average Bonchev–Trinajstić information content (AvgIpc) is 2.77.